The normalized spacial score (nSPS) is 25.3. The van der Waals surface area contributed by atoms with Crippen LogP contribution in [0.15, 0.2) is 47.4 Å². The predicted molar refractivity (Wildman–Crippen MR) is 117 cm³/mol. The van der Waals surface area contributed by atoms with Gasteiger partial charge in [0.2, 0.25) is 0 Å². The summed E-state index contributed by atoms with van der Waals surface area (Å²) < 4.78 is 5.99. The SMILES string of the molecule is CCN1CCC([C@@H]2Sc3ccc(C)cc3N2C2CCOc3ccccc32)CC1. The number of fused-ring (bicyclic) bond motifs is 2. The minimum Gasteiger partial charge on any atom is -0.493 e. The molecular formula is C24H30N2OS. The van der Waals surface area contributed by atoms with Crippen molar-refractivity contribution in [2.75, 3.05) is 31.1 Å². The summed E-state index contributed by atoms with van der Waals surface area (Å²) >= 11 is 2.10. The molecule has 1 unspecified atom stereocenters. The standard InChI is InChI=1S/C24H30N2OS/c1-3-25-13-10-18(11-14-25)24-26(21-16-17(2)8-9-23(21)28-24)20-12-15-27-22-7-5-4-6-19(20)22/h4-9,16,18,20,24H,3,10-15H2,1-2H3/t20?,24-/m0/s1. The maximum atomic E-state index is 5.99. The molecule has 28 heavy (non-hydrogen) atoms. The van der Waals surface area contributed by atoms with E-state index in [1.165, 1.54) is 54.2 Å². The van der Waals surface area contributed by atoms with E-state index in [0.717, 1.165) is 24.7 Å². The molecule has 3 aliphatic rings. The van der Waals surface area contributed by atoms with Gasteiger partial charge >= 0.3 is 0 Å². The van der Waals surface area contributed by atoms with Crippen LogP contribution in [0, 0.1) is 12.8 Å². The van der Waals surface area contributed by atoms with Gasteiger partial charge in [0, 0.05) is 16.9 Å². The van der Waals surface area contributed by atoms with Crippen molar-refractivity contribution in [1.82, 2.24) is 4.90 Å². The first-order chi connectivity index (χ1) is 13.7. The Morgan fingerprint density at radius 3 is 2.71 bits per heavy atom. The van der Waals surface area contributed by atoms with Crippen LogP contribution >= 0.6 is 11.8 Å². The maximum Gasteiger partial charge on any atom is 0.124 e. The van der Waals surface area contributed by atoms with Gasteiger partial charge in [0.1, 0.15) is 5.75 Å². The fourth-order valence-electron chi connectivity index (χ4n) is 5.09. The first kappa shape index (κ1) is 18.4. The highest BCUT2D eigenvalue weighted by atomic mass is 32.2. The number of piperidine rings is 1. The van der Waals surface area contributed by atoms with Crippen LogP contribution in [0.2, 0.25) is 0 Å². The third kappa shape index (κ3) is 3.21. The molecule has 4 heteroatoms. The highest BCUT2D eigenvalue weighted by Crippen LogP contribution is 2.53. The molecule has 3 nitrogen and oxygen atoms in total. The quantitative estimate of drug-likeness (QED) is 0.684. The van der Waals surface area contributed by atoms with Gasteiger partial charge < -0.3 is 14.5 Å². The van der Waals surface area contributed by atoms with Gasteiger partial charge in [-0.1, -0.05) is 43.0 Å². The molecule has 0 spiro atoms. The highest BCUT2D eigenvalue weighted by Gasteiger charge is 2.42. The van der Waals surface area contributed by atoms with E-state index in [0.29, 0.717) is 11.4 Å². The van der Waals surface area contributed by atoms with E-state index in [-0.39, 0.29) is 0 Å². The molecule has 3 heterocycles. The van der Waals surface area contributed by atoms with Gasteiger partial charge in [-0.05, 0) is 69.1 Å². The largest absolute Gasteiger partial charge is 0.493 e. The number of benzene rings is 2. The van der Waals surface area contributed by atoms with Crippen molar-refractivity contribution in [3.8, 4) is 5.75 Å². The fraction of sp³-hybridized carbons (Fsp3) is 0.500. The van der Waals surface area contributed by atoms with E-state index < -0.39 is 0 Å². The molecule has 0 aromatic heterocycles. The molecule has 0 saturated carbocycles. The first-order valence-electron chi connectivity index (χ1n) is 10.7. The van der Waals surface area contributed by atoms with Crippen LogP contribution < -0.4 is 9.64 Å². The van der Waals surface area contributed by atoms with E-state index >= 15 is 0 Å². The first-order valence-corrected chi connectivity index (χ1v) is 11.6. The summed E-state index contributed by atoms with van der Waals surface area (Å²) in [6.45, 7) is 8.98. The molecule has 3 aliphatic heterocycles. The lowest BCUT2D eigenvalue weighted by atomic mass is 9.92. The van der Waals surface area contributed by atoms with Gasteiger partial charge in [0.05, 0.1) is 23.7 Å². The lowest BCUT2D eigenvalue weighted by Crippen LogP contribution is -2.44. The summed E-state index contributed by atoms with van der Waals surface area (Å²) in [5, 5.41) is 0.534. The molecule has 0 radical (unpaired) electrons. The molecule has 1 saturated heterocycles. The third-order valence-electron chi connectivity index (χ3n) is 6.66. The Bertz CT molecular complexity index is 846. The minimum atomic E-state index is 0.412. The number of likely N-dealkylation sites (tertiary alicyclic amines) is 1. The smallest absolute Gasteiger partial charge is 0.124 e. The molecular weight excluding hydrogens is 364 g/mol. The second kappa shape index (κ2) is 7.64. The number of hydrogen-bond acceptors (Lipinski definition) is 4. The van der Waals surface area contributed by atoms with Crippen LogP contribution in [0.5, 0.6) is 5.75 Å². The molecule has 0 bridgehead atoms. The van der Waals surface area contributed by atoms with E-state index in [1.807, 2.05) is 0 Å². The van der Waals surface area contributed by atoms with Crippen molar-refractivity contribution in [2.45, 2.75) is 49.4 Å². The van der Waals surface area contributed by atoms with E-state index in [1.54, 1.807) is 0 Å². The summed E-state index contributed by atoms with van der Waals surface area (Å²) in [6.07, 6.45) is 3.68. The number of hydrogen-bond donors (Lipinski definition) is 0. The van der Waals surface area contributed by atoms with Crippen molar-refractivity contribution in [1.29, 1.82) is 0 Å². The Morgan fingerprint density at radius 2 is 1.89 bits per heavy atom. The molecule has 0 amide bonds. The van der Waals surface area contributed by atoms with E-state index in [4.69, 9.17) is 4.74 Å². The Hall–Kier alpha value is -1.65. The lowest BCUT2D eigenvalue weighted by Gasteiger charge is -2.43. The number of thioether (sulfide) groups is 1. The Labute approximate surface area is 173 Å². The Balaban J connectivity index is 1.52. The number of para-hydroxylation sites is 1. The third-order valence-corrected chi connectivity index (χ3v) is 8.11. The Kier molecular flexibility index (Phi) is 5.02. The molecule has 2 aromatic carbocycles. The lowest BCUT2D eigenvalue weighted by molar-refractivity contribution is 0.184. The van der Waals surface area contributed by atoms with Crippen LogP contribution in [0.4, 0.5) is 5.69 Å². The monoisotopic (exact) mass is 394 g/mol. The van der Waals surface area contributed by atoms with Gasteiger partial charge in [-0.3, -0.25) is 0 Å². The topological polar surface area (TPSA) is 15.7 Å². The molecule has 1 fully saturated rings. The van der Waals surface area contributed by atoms with Crippen LogP contribution in [0.25, 0.3) is 0 Å². The summed E-state index contributed by atoms with van der Waals surface area (Å²) in [6, 6.07) is 16.1. The van der Waals surface area contributed by atoms with Crippen molar-refractivity contribution >= 4 is 17.4 Å². The van der Waals surface area contributed by atoms with E-state index in [2.05, 4.69) is 77.9 Å². The fourth-order valence-corrected chi connectivity index (χ4v) is 6.62. The number of nitrogens with zero attached hydrogens (tertiary/aromatic N) is 2. The van der Waals surface area contributed by atoms with Crippen LogP contribution in [-0.4, -0.2) is 36.5 Å². The predicted octanol–water partition coefficient (Wildman–Crippen LogP) is 5.49. The number of ether oxygens (including phenoxy) is 1. The second-order valence-corrected chi connectivity index (χ2v) is 9.51. The molecule has 5 rings (SSSR count). The van der Waals surface area contributed by atoms with Gasteiger partial charge in [-0.15, -0.1) is 0 Å². The van der Waals surface area contributed by atoms with Crippen LogP contribution in [-0.2, 0) is 0 Å². The van der Waals surface area contributed by atoms with Crippen molar-refractivity contribution in [3.63, 3.8) is 0 Å². The number of aryl methyl sites for hydroxylation is 1. The summed E-state index contributed by atoms with van der Waals surface area (Å²) in [7, 11) is 0. The zero-order chi connectivity index (χ0) is 19.1. The molecule has 0 N–H and O–H groups in total. The number of rotatable bonds is 3. The van der Waals surface area contributed by atoms with Crippen molar-refractivity contribution in [3.05, 3.63) is 53.6 Å². The zero-order valence-corrected chi connectivity index (χ0v) is 17.8. The van der Waals surface area contributed by atoms with Crippen LogP contribution in [0.3, 0.4) is 0 Å². The molecule has 148 valence electrons. The van der Waals surface area contributed by atoms with E-state index in [9.17, 15) is 0 Å². The Morgan fingerprint density at radius 1 is 1.07 bits per heavy atom. The average Bonchev–Trinajstić information content (AvgIpc) is 3.11. The summed E-state index contributed by atoms with van der Waals surface area (Å²) in [4.78, 5) is 6.82. The van der Waals surface area contributed by atoms with Gasteiger partial charge in [-0.25, -0.2) is 0 Å². The average molecular weight is 395 g/mol. The molecule has 0 aliphatic carbocycles. The maximum absolute atomic E-state index is 5.99. The van der Waals surface area contributed by atoms with Gasteiger partial charge in [-0.2, -0.15) is 0 Å². The second-order valence-electron chi connectivity index (χ2n) is 8.35. The summed E-state index contributed by atoms with van der Waals surface area (Å²) in [5.74, 6) is 1.82. The van der Waals surface area contributed by atoms with Crippen molar-refractivity contribution < 1.29 is 4.74 Å². The summed E-state index contributed by atoms with van der Waals surface area (Å²) in [5.41, 5.74) is 4.15. The van der Waals surface area contributed by atoms with Crippen molar-refractivity contribution in [2.24, 2.45) is 5.92 Å². The minimum absolute atomic E-state index is 0.412. The van der Waals surface area contributed by atoms with Gasteiger partial charge in [0.15, 0.2) is 0 Å². The molecule has 2 atom stereocenters. The van der Waals surface area contributed by atoms with Crippen LogP contribution in [0.1, 0.15) is 43.4 Å². The zero-order valence-electron chi connectivity index (χ0n) is 16.9. The van der Waals surface area contributed by atoms with Gasteiger partial charge in [0.25, 0.3) is 0 Å². The molecule has 2 aromatic rings. The highest BCUT2D eigenvalue weighted by molar-refractivity contribution is 8.00. The number of anilines is 1.